The fraction of sp³-hybridized carbons (Fsp3) is 0.333. The first-order chi connectivity index (χ1) is 7.60. The van der Waals surface area contributed by atoms with Crippen LogP contribution in [0.4, 0.5) is 20.4 Å². The average molecular weight is 227 g/mol. The van der Waals surface area contributed by atoms with Crippen molar-refractivity contribution in [3.05, 3.63) is 17.7 Å². The lowest BCUT2D eigenvalue weighted by atomic mass is 10.3. The third kappa shape index (κ3) is 2.55. The molecule has 7 heteroatoms. The Labute approximate surface area is 91.5 Å². The second-order valence-corrected chi connectivity index (χ2v) is 3.10. The van der Waals surface area contributed by atoms with Crippen molar-refractivity contribution in [2.45, 2.75) is 6.42 Å². The van der Waals surface area contributed by atoms with E-state index in [-0.39, 0.29) is 18.1 Å². The van der Waals surface area contributed by atoms with Crippen molar-refractivity contribution in [3.63, 3.8) is 0 Å². The van der Waals surface area contributed by atoms with Crippen molar-refractivity contribution >= 4 is 11.6 Å². The largest absolute Gasteiger partial charge is 0.356 e. The van der Waals surface area contributed by atoms with Crippen LogP contribution >= 0.6 is 0 Å². The number of nitrogens with two attached hydrogens (primary N) is 1. The van der Waals surface area contributed by atoms with Crippen LogP contribution in [0.3, 0.4) is 0 Å². The first-order valence-electron chi connectivity index (χ1n) is 4.51. The minimum absolute atomic E-state index is 0.0513. The molecule has 0 atom stereocenters. The maximum Gasteiger partial charge on any atom is 0.178 e. The molecule has 0 fully saturated rings. The molecule has 0 aromatic carbocycles. The van der Waals surface area contributed by atoms with E-state index in [4.69, 9.17) is 11.1 Å². The Morgan fingerprint density at radius 3 is 2.81 bits per heavy atom. The first-order valence-corrected chi connectivity index (χ1v) is 4.51. The molecule has 0 aliphatic carbocycles. The lowest BCUT2D eigenvalue weighted by Gasteiger charge is -2.18. The van der Waals surface area contributed by atoms with Crippen LogP contribution in [0, 0.1) is 23.0 Å². The van der Waals surface area contributed by atoms with E-state index in [2.05, 4.69) is 4.98 Å². The highest BCUT2D eigenvalue weighted by Crippen LogP contribution is 2.20. The number of nitriles is 1. The minimum atomic E-state index is -0.863. The van der Waals surface area contributed by atoms with Gasteiger partial charge >= 0.3 is 0 Å². The van der Waals surface area contributed by atoms with Crippen LogP contribution in [0.5, 0.6) is 0 Å². The Morgan fingerprint density at radius 2 is 2.25 bits per heavy atom. The normalized spacial score (nSPS) is 9.69. The molecule has 0 saturated carbocycles. The maximum absolute atomic E-state index is 13.3. The van der Waals surface area contributed by atoms with Gasteiger partial charge in [-0.05, 0) is 0 Å². The molecule has 0 aliphatic heterocycles. The topological polar surface area (TPSA) is 78.0 Å². The van der Waals surface area contributed by atoms with E-state index in [1.54, 1.807) is 7.05 Å². The van der Waals surface area contributed by atoms with Crippen molar-refractivity contribution < 1.29 is 8.78 Å². The Kier molecular flexibility index (Phi) is 3.96. The zero-order valence-electron chi connectivity index (χ0n) is 8.67. The van der Waals surface area contributed by atoms with Gasteiger partial charge in [0.05, 0.1) is 12.5 Å². The molecule has 1 aromatic heterocycles. The summed E-state index contributed by atoms with van der Waals surface area (Å²) in [5, 5.41) is 8.39. The van der Waals surface area contributed by atoms with Gasteiger partial charge in [-0.15, -0.1) is 0 Å². The van der Waals surface area contributed by atoms with Gasteiger partial charge in [0.15, 0.2) is 23.3 Å². The summed E-state index contributed by atoms with van der Waals surface area (Å²) in [6.07, 6.45) is 0.223. The van der Waals surface area contributed by atoms with Gasteiger partial charge in [-0.1, -0.05) is 0 Å². The molecule has 0 amide bonds. The van der Waals surface area contributed by atoms with E-state index in [9.17, 15) is 8.78 Å². The Balaban J connectivity index is 2.99. The molecule has 0 spiro atoms. The molecular weight excluding hydrogens is 216 g/mol. The maximum atomic E-state index is 13.3. The summed E-state index contributed by atoms with van der Waals surface area (Å²) in [5.41, 5.74) is 2.03. The van der Waals surface area contributed by atoms with Crippen molar-refractivity contribution in [2.75, 3.05) is 23.9 Å². The number of aromatic nitrogens is 1. The molecule has 0 radical (unpaired) electrons. The quantitative estimate of drug-likeness (QED) is 0.592. The SMILES string of the molecule is CN(CCC#N)c1nc(NN)c(F)cc1F. The molecule has 1 heterocycles. The van der Waals surface area contributed by atoms with Gasteiger partial charge in [0.1, 0.15) is 0 Å². The molecule has 0 saturated heterocycles. The molecule has 1 aromatic rings. The molecule has 0 aliphatic rings. The molecule has 3 N–H and O–H groups in total. The summed E-state index contributed by atoms with van der Waals surface area (Å²) in [6, 6.07) is 2.62. The van der Waals surface area contributed by atoms with E-state index < -0.39 is 11.6 Å². The van der Waals surface area contributed by atoms with Gasteiger partial charge < -0.3 is 10.3 Å². The van der Waals surface area contributed by atoms with Crippen LogP contribution in [0.2, 0.25) is 0 Å². The number of nitrogens with one attached hydrogen (secondary N) is 1. The third-order valence-corrected chi connectivity index (χ3v) is 1.97. The van der Waals surface area contributed by atoms with E-state index >= 15 is 0 Å². The summed E-state index contributed by atoms with van der Waals surface area (Å²) in [7, 11) is 1.56. The molecule has 0 unspecified atom stereocenters. The number of hydrogen-bond donors (Lipinski definition) is 2. The molecule has 0 bridgehead atoms. The summed E-state index contributed by atoms with van der Waals surface area (Å²) in [5.74, 6) is 3.08. The van der Waals surface area contributed by atoms with Gasteiger partial charge in [-0.3, -0.25) is 0 Å². The lowest BCUT2D eigenvalue weighted by molar-refractivity contribution is 0.573. The molecule has 1 rings (SSSR count). The number of nitrogen functional groups attached to an aromatic ring is 1. The predicted molar refractivity (Wildman–Crippen MR) is 55.5 cm³/mol. The zero-order valence-corrected chi connectivity index (χ0v) is 8.67. The molecule has 16 heavy (non-hydrogen) atoms. The summed E-state index contributed by atoms with van der Waals surface area (Å²) in [6.45, 7) is 0.302. The molecule has 86 valence electrons. The molecular formula is C9H11F2N5. The van der Waals surface area contributed by atoms with Crippen molar-refractivity contribution in [2.24, 2.45) is 5.84 Å². The second-order valence-electron chi connectivity index (χ2n) is 3.10. The number of pyridine rings is 1. The van der Waals surface area contributed by atoms with Gasteiger partial charge in [-0.2, -0.15) is 5.26 Å². The second kappa shape index (κ2) is 5.23. The fourth-order valence-corrected chi connectivity index (χ4v) is 1.15. The van der Waals surface area contributed by atoms with Crippen molar-refractivity contribution in [3.8, 4) is 6.07 Å². The smallest absolute Gasteiger partial charge is 0.178 e. The van der Waals surface area contributed by atoms with Gasteiger partial charge in [0.2, 0.25) is 0 Å². The van der Waals surface area contributed by atoms with Gasteiger partial charge in [-0.25, -0.2) is 19.6 Å². The van der Waals surface area contributed by atoms with Crippen LogP contribution in [-0.2, 0) is 0 Å². The van der Waals surface area contributed by atoms with Crippen LogP contribution < -0.4 is 16.2 Å². The van der Waals surface area contributed by atoms with Crippen molar-refractivity contribution in [1.82, 2.24) is 4.98 Å². The molecule has 5 nitrogen and oxygen atoms in total. The Morgan fingerprint density at radius 1 is 1.56 bits per heavy atom. The van der Waals surface area contributed by atoms with E-state index in [1.807, 2.05) is 11.5 Å². The summed E-state index contributed by atoms with van der Waals surface area (Å²) in [4.78, 5) is 5.09. The number of nitrogens with zero attached hydrogens (tertiary/aromatic N) is 3. The zero-order chi connectivity index (χ0) is 12.1. The number of halogens is 2. The Hall–Kier alpha value is -1.94. The number of anilines is 2. The van der Waals surface area contributed by atoms with E-state index in [1.165, 1.54) is 4.90 Å². The van der Waals surface area contributed by atoms with Crippen LogP contribution in [-0.4, -0.2) is 18.6 Å². The van der Waals surface area contributed by atoms with Crippen LogP contribution in [0.15, 0.2) is 6.07 Å². The number of rotatable bonds is 4. The monoisotopic (exact) mass is 227 g/mol. The first kappa shape index (κ1) is 12.1. The fourth-order valence-electron chi connectivity index (χ4n) is 1.15. The standard InChI is InChI=1S/C9H11F2N5/c1-16(4-2-3-12)9-7(11)5-6(10)8(14-9)15-13/h5H,2,4,13H2,1H3,(H,14,15). The third-order valence-electron chi connectivity index (χ3n) is 1.97. The number of hydrogen-bond acceptors (Lipinski definition) is 5. The van der Waals surface area contributed by atoms with Crippen LogP contribution in [0.1, 0.15) is 6.42 Å². The minimum Gasteiger partial charge on any atom is -0.356 e. The van der Waals surface area contributed by atoms with Gasteiger partial charge in [0.25, 0.3) is 0 Å². The highest BCUT2D eigenvalue weighted by atomic mass is 19.1. The summed E-state index contributed by atoms with van der Waals surface area (Å²) < 4.78 is 26.4. The number of hydrazine groups is 1. The Bertz CT molecular complexity index is 415. The average Bonchev–Trinajstić information content (AvgIpc) is 2.26. The highest BCUT2D eigenvalue weighted by molar-refractivity contribution is 5.48. The predicted octanol–water partition coefficient (Wildman–Crippen LogP) is 0.995. The van der Waals surface area contributed by atoms with E-state index in [0.717, 1.165) is 0 Å². The van der Waals surface area contributed by atoms with E-state index in [0.29, 0.717) is 12.6 Å². The highest BCUT2D eigenvalue weighted by Gasteiger charge is 2.14. The van der Waals surface area contributed by atoms with Crippen molar-refractivity contribution in [1.29, 1.82) is 5.26 Å². The van der Waals surface area contributed by atoms with Gasteiger partial charge in [0, 0.05) is 19.7 Å². The summed E-state index contributed by atoms with van der Waals surface area (Å²) >= 11 is 0. The lowest BCUT2D eigenvalue weighted by Crippen LogP contribution is -2.22. The van der Waals surface area contributed by atoms with Crippen LogP contribution in [0.25, 0.3) is 0 Å².